The highest BCUT2D eigenvalue weighted by atomic mass is 16.6. The molecule has 0 saturated heterocycles. The molecule has 0 radical (unpaired) electrons. The molecule has 7 nitrogen and oxygen atoms in total. The second-order valence-corrected chi connectivity index (χ2v) is 9.07. The van der Waals surface area contributed by atoms with Gasteiger partial charge in [-0.15, -0.1) is 0 Å². The van der Waals surface area contributed by atoms with Crippen LogP contribution in [0.3, 0.4) is 0 Å². The van der Waals surface area contributed by atoms with Gasteiger partial charge < -0.3 is 25.3 Å². The first-order chi connectivity index (χ1) is 14.8. The molecule has 0 fully saturated rings. The van der Waals surface area contributed by atoms with E-state index >= 15 is 0 Å². The summed E-state index contributed by atoms with van der Waals surface area (Å²) in [5, 5.41) is 22.6. The van der Waals surface area contributed by atoms with Gasteiger partial charge in [0, 0.05) is 27.8 Å². The van der Waals surface area contributed by atoms with Gasteiger partial charge in [0.15, 0.2) is 6.29 Å². The van der Waals surface area contributed by atoms with Crippen LogP contribution in [0.2, 0.25) is 0 Å². The molecule has 3 atom stereocenters. The molecule has 160 valence electrons. The molecule has 1 aliphatic carbocycles. The lowest BCUT2D eigenvalue weighted by Gasteiger charge is -2.37. The van der Waals surface area contributed by atoms with Crippen molar-refractivity contribution in [1.82, 2.24) is 9.55 Å². The van der Waals surface area contributed by atoms with Crippen molar-refractivity contribution in [3.05, 3.63) is 56.4 Å². The lowest BCUT2D eigenvalue weighted by molar-refractivity contribution is -0.236. The number of rotatable bonds is 1. The lowest BCUT2D eigenvalue weighted by atomic mass is 9.80. The van der Waals surface area contributed by atoms with Crippen molar-refractivity contribution in [2.24, 2.45) is 0 Å². The summed E-state index contributed by atoms with van der Waals surface area (Å²) in [5.74, 6) is 0.339. The number of aromatic nitrogens is 2. The van der Waals surface area contributed by atoms with E-state index in [0.29, 0.717) is 29.3 Å². The number of fused-ring (bicyclic) bond motifs is 5. The van der Waals surface area contributed by atoms with Gasteiger partial charge in [-0.1, -0.05) is 13.8 Å². The number of nitrogens with zero attached hydrogens (tertiary/aromatic N) is 2. The maximum Gasteiger partial charge on any atom is 0.257 e. The van der Waals surface area contributed by atoms with Gasteiger partial charge in [-0.25, -0.2) is 4.98 Å². The summed E-state index contributed by atoms with van der Waals surface area (Å²) in [6, 6.07) is 5.69. The van der Waals surface area contributed by atoms with Gasteiger partial charge in [0.1, 0.15) is 5.60 Å². The summed E-state index contributed by atoms with van der Waals surface area (Å²) in [7, 11) is 0. The molecule has 0 spiro atoms. The zero-order chi connectivity index (χ0) is 21.7. The molecular weight excluding hydrogens is 394 g/mol. The Kier molecular flexibility index (Phi) is 3.77. The van der Waals surface area contributed by atoms with E-state index in [9.17, 15) is 15.0 Å². The van der Waals surface area contributed by atoms with Crippen molar-refractivity contribution in [2.45, 2.75) is 64.1 Å². The number of hydrogen-bond acceptors (Lipinski definition) is 6. The topological polar surface area (TPSA) is 111 Å². The Hall–Kier alpha value is -2.74. The summed E-state index contributed by atoms with van der Waals surface area (Å²) in [6.45, 7) is 4.41. The van der Waals surface area contributed by atoms with Crippen LogP contribution >= 0.6 is 0 Å². The zero-order valence-corrected chi connectivity index (χ0v) is 17.6. The fourth-order valence-electron chi connectivity index (χ4n) is 5.73. The molecule has 3 aliphatic rings. The van der Waals surface area contributed by atoms with Gasteiger partial charge in [0.05, 0.1) is 30.1 Å². The molecule has 0 saturated carbocycles. The number of nitrogens with two attached hydrogens (primary N) is 1. The number of aliphatic hydroxyl groups is 2. The average Bonchev–Trinajstić information content (AvgIpc) is 3.13. The minimum Gasteiger partial charge on any atom is -0.398 e. The van der Waals surface area contributed by atoms with Crippen molar-refractivity contribution >= 4 is 16.6 Å². The predicted molar refractivity (Wildman–Crippen MR) is 117 cm³/mol. The van der Waals surface area contributed by atoms with E-state index in [1.54, 1.807) is 11.5 Å². The number of ether oxygens (including phenoxy) is 1. The number of benzene rings is 1. The van der Waals surface area contributed by atoms with Crippen LogP contribution in [0.25, 0.3) is 22.3 Å². The maximum absolute atomic E-state index is 13.4. The SMILES string of the molecule is CC[C@]1(O)c2cc3n(c(=O)c2COC1O)Cc1c-3nc2ccc(N)c3c2c1C(C)CC3. The van der Waals surface area contributed by atoms with E-state index in [1.165, 1.54) is 5.56 Å². The van der Waals surface area contributed by atoms with Gasteiger partial charge in [0.25, 0.3) is 5.56 Å². The highest BCUT2D eigenvalue weighted by molar-refractivity contribution is 5.94. The normalized spacial score (nSPS) is 25.9. The molecule has 1 aromatic carbocycles. The molecule has 2 unspecified atom stereocenters. The second-order valence-electron chi connectivity index (χ2n) is 9.07. The molecule has 6 rings (SSSR count). The highest BCUT2D eigenvalue weighted by Gasteiger charge is 2.44. The third-order valence-electron chi connectivity index (χ3n) is 7.52. The van der Waals surface area contributed by atoms with Crippen molar-refractivity contribution < 1.29 is 14.9 Å². The first-order valence-corrected chi connectivity index (χ1v) is 10.9. The molecule has 4 heterocycles. The van der Waals surface area contributed by atoms with Crippen LogP contribution in [0, 0.1) is 0 Å². The molecule has 0 bridgehead atoms. The fraction of sp³-hybridized carbons (Fsp3) is 0.417. The second kappa shape index (κ2) is 6.16. The van der Waals surface area contributed by atoms with Gasteiger partial charge >= 0.3 is 0 Å². The molecular formula is C24H25N3O4. The van der Waals surface area contributed by atoms with Gasteiger partial charge in [0.2, 0.25) is 0 Å². The van der Waals surface area contributed by atoms with E-state index < -0.39 is 11.9 Å². The average molecular weight is 419 g/mol. The van der Waals surface area contributed by atoms with Gasteiger partial charge in [-0.05, 0) is 54.5 Å². The molecule has 2 aromatic heterocycles. The Morgan fingerprint density at radius 3 is 2.90 bits per heavy atom. The molecule has 0 amide bonds. The van der Waals surface area contributed by atoms with Crippen LogP contribution < -0.4 is 11.3 Å². The molecule has 7 heteroatoms. The third-order valence-corrected chi connectivity index (χ3v) is 7.52. The van der Waals surface area contributed by atoms with Crippen molar-refractivity contribution in [3.8, 4) is 11.4 Å². The number of pyridine rings is 2. The van der Waals surface area contributed by atoms with Crippen LogP contribution in [-0.4, -0.2) is 26.1 Å². The summed E-state index contributed by atoms with van der Waals surface area (Å²) < 4.78 is 7.08. The van der Waals surface area contributed by atoms with Crippen LogP contribution in [0.15, 0.2) is 23.0 Å². The molecule has 31 heavy (non-hydrogen) atoms. The number of aryl methyl sites for hydroxylation is 1. The summed E-state index contributed by atoms with van der Waals surface area (Å²) >= 11 is 0. The van der Waals surface area contributed by atoms with E-state index in [4.69, 9.17) is 15.5 Å². The third kappa shape index (κ3) is 2.28. The van der Waals surface area contributed by atoms with E-state index in [1.807, 2.05) is 18.2 Å². The van der Waals surface area contributed by atoms with Crippen LogP contribution in [0.5, 0.6) is 0 Å². The smallest absolute Gasteiger partial charge is 0.257 e. The quantitative estimate of drug-likeness (QED) is 0.409. The Balaban J connectivity index is 1.68. The largest absolute Gasteiger partial charge is 0.398 e. The Morgan fingerprint density at radius 1 is 1.32 bits per heavy atom. The minimum atomic E-state index is -1.62. The number of anilines is 1. The monoisotopic (exact) mass is 419 g/mol. The number of aliphatic hydroxyl groups excluding tert-OH is 1. The van der Waals surface area contributed by atoms with Crippen LogP contribution in [0.4, 0.5) is 5.69 Å². The van der Waals surface area contributed by atoms with Gasteiger partial charge in [-0.3, -0.25) is 4.79 Å². The Bertz CT molecular complexity index is 1350. The number of nitrogen functional groups attached to an aromatic ring is 1. The summed E-state index contributed by atoms with van der Waals surface area (Å²) in [4.78, 5) is 18.4. The molecule has 2 aliphatic heterocycles. The summed E-state index contributed by atoms with van der Waals surface area (Å²) in [6.07, 6.45) is 0.791. The summed E-state index contributed by atoms with van der Waals surface area (Å²) in [5.41, 5.74) is 11.9. The predicted octanol–water partition coefficient (Wildman–Crippen LogP) is 2.50. The fourth-order valence-corrected chi connectivity index (χ4v) is 5.73. The maximum atomic E-state index is 13.4. The van der Waals surface area contributed by atoms with E-state index in [-0.39, 0.29) is 18.6 Å². The van der Waals surface area contributed by atoms with E-state index in [2.05, 4.69) is 6.92 Å². The number of hydrogen-bond donors (Lipinski definition) is 3. The highest BCUT2D eigenvalue weighted by Crippen LogP contribution is 2.46. The van der Waals surface area contributed by atoms with Gasteiger partial charge in [-0.2, -0.15) is 0 Å². The Labute approximate surface area is 179 Å². The van der Waals surface area contributed by atoms with Crippen molar-refractivity contribution in [1.29, 1.82) is 0 Å². The first-order valence-electron chi connectivity index (χ1n) is 10.9. The standard InChI is InChI=1S/C24H25N3O4/c1-3-24(30)15-8-18-21-13(9-27(18)22(28)14(15)10-31-23(24)29)19-11(2)4-5-12-16(25)6-7-17(26-21)20(12)19/h6-8,11,23,29-30H,3-5,9-10,25H2,1-2H3/t11?,23?,24-/m0/s1. The van der Waals surface area contributed by atoms with Crippen LogP contribution in [-0.2, 0) is 29.9 Å². The zero-order valence-electron chi connectivity index (χ0n) is 17.6. The minimum absolute atomic E-state index is 0.0202. The lowest BCUT2D eigenvalue weighted by Crippen LogP contribution is -2.47. The van der Waals surface area contributed by atoms with Crippen LogP contribution in [0.1, 0.15) is 60.4 Å². The molecule has 3 aromatic rings. The first kappa shape index (κ1) is 19.0. The Morgan fingerprint density at radius 2 is 2.13 bits per heavy atom. The molecule has 4 N–H and O–H groups in total. The van der Waals surface area contributed by atoms with Crippen molar-refractivity contribution in [2.75, 3.05) is 5.73 Å². The van der Waals surface area contributed by atoms with Crippen molar-refractivity contribution in [3.63, 3.8) is 0 Å². The van der Waals surface area contributed by atoms with E-state index in [0.717, 1.165) is 46.3 Å².